The second-order valence-corrected chi connectivity index (χ2v) is 0.815. The van der Waals surface area contributed by atoms with E-state index in [1.165, 1.54) is 13.0 Å². The van der Waals surface area contributed by atoms with Gasteiger partial charge in [-0.2, -0.15) is 0 Å². The van der Waals surface area contributed by atoms with Crippen molar-refractivity contribution in [2.24, 2.45) is 0 Å². The average molecular weight is 151 g/mol. The third-order valence-corrected chi connectivity index (χ3v) is 0.287. The summed E-state index contributed by atoms with van der Waals surface area (Å²) >= 11 is 0. The molecule has 0 aliphatic carbocycles. The van der Waals surface area contributed by atoms with E-state index in [0.29, 0.717) is 0 Å². The highest BCUT2D eigenvalue weighted by Gasteiger charge is 1.69. The molecule has 0 rings (SSSR count). The molecule has 0 aromatic heterocycles. The van der Waals surface area contributed by atoms with E-state index in [9.17, 15) is 4.79 Å². The lowest BCUT2D eigenvalue weighted by Crippen LogP contribution is -1.74. The monoisotopic (exact) mass is 150 g/mol. The molecular weight excluding hydrogens is 144 g/mol. The van der Waals surface area contributed by atoms with Crippen LogP contribution in [0.25, 0.3) is 0 Å². The fraction of sp³-hybridized carbons (Fsp3) is 0.250. The van der Waals surface area contributed by atoms with Crippen LogP contribution >= 0.6 is 17.0 Å². The third-order valence-electron chi connectivity index (χ3n) is 0.287. The highest BCUT2D eigenvalue weighted by Crippen LogP contribution is 1.60. The molecule has 2 heteroatoms. The molecule has 0 aliphatic heterocycles. The lowest BCUT2D eigenvalue weighted by molar-refractivity contribution is -0.112. The molecule has 0 spiro atoms. The molecule has 1 nitrogen and oxygen atoms in total. The summed E-state index contributed by atoms with van der Waals surface area (Å²) in [6.45, 7) is 4.68. The summed E-state index contributed by atoms with van der Waals surface area (Å²) in [6.07, 6.45) is 1.28. The maximum atomic E-state index is 9.69. The van der Waals surface area contributed by atoms with Gasteiger partial charge in [0.15, 0.2) is 5.78 Å². The van der Waals surface area contributed by atoms with Crippen LogP contribution in [-0.4, -0.2) is 5.78 Å². The van der Waals surface area contributed by atoms with Crippen LogP contribution in [0.4, 0.5) is 0 Å². The predicted octanol–water partition coefficient (Wildman–Crippen LogP) is 1.34. The highest BCUT2D eigenvalue weighted by molar-refractivity contribution is 8.93. The van der Waals surface area contributed by atoms with E-state index in [4.69, 9.17) is 0 Å². The van der Waals surface area contributed by atoms with E-state index in [2.05, 4.69) is 6.58 Å². The first kappa shape index (κ1) is 9.31. The number of hydrogen-bond acceptors (Lipinski definition) is 1. The van der Waals surface area contributed by atoms with Crippen LogP contribution in [0.1, 0.15) is 6.92 Å². The summed E-state index contributed by atoms with van der Waals surface area (Å²) in [5.74, 6) is 0.0185. The van der Waals surface area contributed by atoms with Crippen LogP contribution in [0.3, 0.4) is 0 Å². The number of hydrogen-bond donors (Lipinski definition) is 0. The van der Waals surface area contributed by atoms with Gasteiger partial charge in [0.2, 0.25) is 0 Å². The van der Waals surface area contributed by atoms with Crippen molar-refractivity contribution in [3.05, 3.63) is 12.7 Å². The smallest absolute Gasteiger partial charge is 0.152 e. The molecule has 0 unspecified atom stereocenters. The maximum absolute atomic E-state index is 9.69. The molecule has 0 saturated heterocycles. The molecule has 0 aliphatic rings. The van der Waals surface area contributed by atoms with E-state index < -0.39 is 0 Å². The van der Waals surface area contributed by atoms with Crippen molar-refractivity contribution in [1.82, 2.24) is 0 Å². The first-order valence-corrected chi connectivity index (χ1v) is 1.40. The first-order valence-electron chi connectivity index (χ1n) is 1.40. The summed E-state index contributed by atoms with van der Waals surface area (Å²) in [7, 11) is 0. The van der Waals surface area contributed by atoms with Crippen molar-refractivity contribution in [2.75, 3.05) is 0 Å². The van der Waals surface area contributed by atoms with Crippen molar-refractivity contribution in [1.29, 1.82) is 0 Å². The molecule has 6 heavy (non-hydrogen) atoms. The lowest BCUT2D eigenvalue weighted by Gasteiger charge is -1.62. The Kier molecular flexibility index (Phi) is 7.59. The van der Waals surface area contributed by atoms with Gasteiger partial charge in [-0.05, 0) is 13.0 Å². The zero-order chi connectivity index (χ0) is 4.28. The Morgan fingerprint density at radius 1 is 1.83 bits per heavy atom. The fourth-order valence-electron chi connectivity index (χ4n) is 0. The Bertz CT molecular complexity index is 58.6. The van der Waals surface area contributed by atoms with E-state index in [-0.39, 0.29) is 22.8 Å². The van der Waals surface area contributed by atoms with Crippen LogP contribution in [0.5, 0.6) is 0 Å². The van der Waals surface area contributed by atoms with Gasteiger partial charge in [-0.25, -0.2) is 0 Å². The molecule has 0 aromatic carbocycles. The van der Waals surface area contributed by atoms with E-state index in [0.717, 1.165) is 0 Å². The number of halogens is 1. The Balaban J connectivity index is 0. The van der Waals surface area contributed by atoms with Crippen molar-refractivity contribution in [3.63, 3.8) is 0 Å². The van der Waals surface area contributed by atoms with Crippen molar-refractivity contribution < 1.29 is 4.79 Å². The van der Waals surface area contributed by atoms with E-state index in [1.54, 1.807) is 0 Å². The lowest BCUT2D eigenvalue weighted by atomic mass is 10.5. The molecular formula is C4H7BrO. The minimum absolute atomic E-state index is 0. The molecule has 0 saturated carbocycles. The Morgan fingerprint density at radius 2 is 2.00 bits per heavy atom. The highest BCUT2D eigenvalue weighted by atomic mass is 79.9. The second kappa shape index (κ2) is 4.89. The van der Waals surface area contributed by atoms with Gasteiger partial charge in [-0.1, -0.05) is 6.58 Å². The van der Waals surface area contributed by atoms with Gasteiger partial charge < -0.3 is 0 Å². The van der Waals surface area contributed by atoms with Gasteiger partial charge in [0, 0.05) is 0 Å². The third kappa shape index (κ3) is 9.10. The zero-order valence-corrected chi connectivity index (χ0v) is 5.31. The largest absolute Gasteiger partial charge is 0.295 e. The standard InChI is InChI=1S/C4H6O.BrH/c1-3-4(2)5;/h3H,1H2,2H3;1H. The van der Waals surface area contributed by atoms with Crippen LogP contribution in [0, 0.1) is 0 Å². The van der Waals surface area contributed by atoms with Crippen LogP contribution in [0.2, 0.25) is 0 Å². The van der Waals surface area contributed by atoms with Gasteiger partial charge in [0.1, 0.15) is 0 Å². The summed E-state index contributed by atoms with van der Waals surface area (Å²) in [6, 6.07) is 0. The summed E-state index contributed by atoms with van der Waals surface area (Å²) in [4.78, 5) is 9.69. The number of allylic oxidation sites excluding steroid dienone is 1. The topological polar surface area (TPSA) is 17.1 Å². The molecule has 0 aromatic rings. The number of ketones is 1. The van der Waals surface area contributed by atoms with Gasteiger partial charge in [-0.15, -0.1) is 17.0 Å². The molecule has 0 atom stereocenters. The van der Waals surface area contributed by atoms with Crippen LogP contribution < -0.4 is 0 Å². The fourth-order valence-corrected chi connectivity index (χ4v) is 0. The minimum atomic E-state index is 0. The van der Waals surface area contributed by atoms with Crippen molar-refractivity contribution in [2.45, 2.75) is 6.92 Å². The quantitative estimate of drug-likeness (QED) is 0.516. The van der Waals surface area contributed by atoms with Crippen molar-refractivity contribution >= 4 is 22.8 Å². The zero-order valence-electron chi connectivity index (χ0n) is 3.60. The summed E-state index contributed by atoms with van der Waals surface area (Å²) < 4.78 is 0. The van der Waals surface area contributed by atoms with Gasteiger partial charge in [0.25, 0.3) is 0 Å². The van der Waals surface area contributed by atoms with Crippen LogP contribution in [-0.2, 0) is 4.79 Å². The minimum Gasteiger partial charge on any atom is -0.295 e. The van der Waals surface area contributed by atoms with Gasteiger partial charge in [0.05, 0.1) is 0 Å². The van der Waals surface area contributed by atoms with Gasteiger partial charge >= 0.3 is 0 Å². The predicted molar refractivity (Wildman–Crippen MR) is 31.2 cm³/mol. The van der Waals surface area contributed by atoms with Crippen molar-refractivity contribution in [3.8, 4) is 0 Å². The Morgan fingerprint density at radius 3 is 2.00 bits per heavy atom. The summed E-state index contributed by atoms with van der Waals surface area (Å²) in [5, 5.41) is 0. The van der Waals surface area contributed by atoms with Gasteiger partial charge in [-0.3, -0.25) is 4.79 Å². The molecule has 36 valence electrons. The molecule has 0 amide bonds. The summed E-state index contributed by atoms with van der Waals surface area (Å²) in [5.41, 5.74) is 0. The normalized spacial score (nSPS) is 5.50. The first-order chi connectivity index (χ1) is 2.27. The maximum Gasteiger partial charge on any atom is 0.152 e. The molecule has 0 N–H and O–H groups in total. The molecule has 0 bridgehead atoms. The van der Waals surface area contributed by atoms with Crippen LogP contribution in [0.15, 0.2) is 12.7 Å². The molecule has 0 heterocycles. The molecule has 0 fully saturated rings. The average Bonchev–Trinajstić information content (AvgIpc) is 1.38. The van der Waals surface area contributed by atoms with E-state index >= 15 is 0 Å². The second-order valence-electron chi connectivity index (χ2n) is 0.815. The SMILES string of the molecule is Br.C=CC(C)=O. The van der Waals surface area contributed by atoms with E-state index in [1.807, 2.05) is 0 Å². The number of rotatable bonds is 1. The Hall–Kier alpha value is -0.110. The number of carbonyl (C=O) groups is 1. The Labute approximate surface area is 47.8 Å². The number of carbonyl (C=O) groups excluding carboxylic acids is 1. The molecule has 0 radical (unpaired) electrons.